The lowest BCUT2D eigenvalue weighted by molar-refractivity contribution is 0.351. The van der Waals surface area contributed by atoms with Crippen molar-refractivity contribution in [3.05, 3.63) is 58.2 Å². The Morgan fingerprint density at radius 3 is 1.31 bits per heavy atom. The van der Waals surface area contributed by atoms with E-state index in [0.717, 1.165) is 56.9 Å². The smallest absolute Gasteiger partial charge is 0.266 e. The fourth-order valence-corrected chi connectivity index (χ4v) is 3.57. The van der Waals surface area contributed by atoms with Gasteiger partial charge in [-0.2, -0.15) is 8.42 Å². The van der Waals surface area contributed by atoms with Crippen molar-refractivity contribution in [3.63, 3.8) is 0 Å². The molecule has 0 saturated heterocycles. The van der Waals surface area contributed by atoms with E-state index in [1.807, 2.05) is 13.0 Å². The van der Waals surface area contributed by atoms with Gasteiger partial charge in [0.2, 0.25) is 0 Å². The van der Waals surface area contributed by atoms with Gasteiger partial charge in [0.1, 0.15) is 0 Å². The first-order valence-corrected chi connectivity index (χ1v) is 13.5. The third kappa shape index (κ3) is 17.2. The molecular weight excluding hydrogens is 416 g/mol. The molecule has 0 rings (SSSR count). The van der Waals surface area contributed by atoms with E-state index in [9.17, 15) is 8.42 Å². The molecule has 0 saturated carbocycles. The van der Waals surface area contributed by atoms with Crippen LogP contribution in [0.5, 0.6) is 0 Å². The average Bonchev–Trinajstić information content (AvgIpc) is 2.67. The Bertz CT molecular complexity index is 787. The third-order valence-corrected chi connectivity index (χ3v) is 7.05. The van der Waals surface area contributed by atoms with Crippen molar-refractivity contribution < 1.29 is 12.6 Å². The third-order valence-electron chi connectivity index (χ3n) is 5.43. The van der Waals surface area contributed by atoms with Gasteiger partial charge in [-0.3, -0.25) is 4.18 Å². The summed E-state index contributed by atoms with van der Waals surface area (Å²) in [5.74, 6) is 0. The maximum atomic E-state index is 11.6. The molecule has 0 aromatic carbocycles. The first kappa shape index (κ1) is 30.6. The van der Waals surface area contributed by atoms with Gasteiger partial charge in [0, 0.05) is 0 Å². The van der Waals surface area contributed by atoms with Crippen molar-refractivity contribution >= 4 is 10.1 Å². The molecule has 4 heteroatoms. The number of rotatable bonds is 16. The molecule has 0 bridgehead atoms. The number of allylic oxidation sites excluding steroid dienone is 9. The van der Waals surface area contributed by atoms with E-state index in [0.29, 0.717) is 0 Å². The summed E-state index contributed by atoms with van der Waals surface area (Å²) in [6.45, 7) is 16.4. The fraction of sp³-hybridized carbons (Fsp3) is 0.643. The zero-order chi connectivity index (χ0) is 24.6. The Morgan fingerprint density at radius 2 is 0.969 bits per heavy atom. The van der Waals surface area contributed by atoms with Crippen LogP contribution in [0.3, 0.4) is 0 Å². The van der Waals surface area contributed by atoms with E-state index in [-0.39, 0.29) is 6.61 Å². The Kier molecular flexibility index (Phi) is 16.4. The Hall–Kier alpha value is -1.39. The van der Waals surface area contributed by atoms with Crippen LogP contribution in [-0.2, 0) is 14.3 Å². The molecule has 184 valence electrons. The quantitative estimate of drug-likeness (QED) is 0.170. The summed E-state index contributed by atoms with van der Waals surface area (Å²) in [6.07, 6.45) is 19.9. The molecular formula is C28H48O3S. The molecule has 0 aromatic rings. The Morgan fingerprint density at radius 1 is 0.625 bits per heavy atom. The maximum Gasteiger partial charge on any atom is 0.269 e. The molecule has 0 spiro atoms. The largest absolute Gasteiger partial charge is 0.269 e. The SMILES string of the molecule is CC(C)=CCC/C(C)=C/CCC(C)=CCCC(C)=CCCC(C)=CCOS(=O)(=O)C(C)C. The van der Waals surface area contributed by atoms with Gasteiger partial charge in [-0.15, -0.1) is 0 Å². The van der Waals surface area contributed by atoms with E-state index in [1.54, 1.807) is 13.8 Å². The topological polar surface area (TPSA) is 43.4 Å². The minimum Gasteiger partial charge on any atom is -0.266 e. The Balaban J connectivity index is 4.17. The van der Waals surface area contributed by atoms with Crippen LogP contribution >= 0.6 is 0 Å². The molecule has 0 aliphatic heterocycles. The lowest BCUT2D eigenvalue weighted by atomic mass is 10.0. The van der Waals surface area contributed by atoms with E-state index in [1.165, 1.54) is 22.3 Å². The van der Waals surface area contributed by atoms with E-state index in [2.05, 4.69) is 58.9 Å². The highest BCUT2D eigenvalue weighted by Crippen LogP contribution is 2.15. The molecule has 0 heterocycles. The molecule has 32 heavy (non-hydrogen) atoms. The van der Waals surface area contributed by atoms with Crippen LogP contribution in [0.1, 0.15) is 107 Å². The van der Waals surface area contributed by atoms with Gasteiger partial charge in [0.15, 0.2) is 0 Å². The second-order valence-electron chi connectivity index (χ2n) is 9.46. The lowest BCUT2D eigenvalue weighted by Crippen LogP contribution is -2.17. The summed E-state index contributed by atoms with van der Waals surface area (Å²) >= 11 is 0. The normalized spacial score (nSPS) is 14.3. The summed E-state index contributed by atoms with van der Waals surface area (Å²) in [7, 11) is -3.43. The van der Waals surface area contributed by atoms with Gasteiger partial charge < -0.3 is 0 Å². The highest BCUT2D eigenvalue weighted by Gasteiger charge is 2.15. The standard InChI is InChI=1S/C28H48O3S/c1-23(2)13-9-14-25(5)15-10-16-26(6)17-11-18-27(7)19-12-20-28(8)21-22-31-32(29,30)24(3)4/h13,15,17,19,21,24H,9-12,14,16,18,20,22H2,1-8H3/b25-15+,26-17?,27-19?,28-21?. The molecule has 0 aliphatic carbocycles. The fourth-order valence-electron chi connectivity index (χ4n) is 3.04. The van der Waals surface area contributed by atoms with Gasteiger partial charge >= 0.3 is 0 Å². The van der Waals surface area contributed by atoms with Crippen molar-refractivity contribution in [1.29, 1.82) is 0 Å². The van der Waals surface area contributed by atoms with Crippen LogP contribution < -0.4 is 0 Å². The van der Waals surface area contributed by atoms with Crippen molar-refractivity contribution in [2.24, 2.45) is 0 Å². The van der Waals surface area contributed by atoms with Crippen molar-refractivity contribution in [1.82, 2.24) is 0 Å². The van der Waals surface area contributed by atoms with Gasteiger partial charge in [-0.25, -0.2) is 0 Å². The van der Waals surface area contributed by atoms with E-state index in [4.69, 9.17) is 4.18 Å². The van der Waals surface area contributed by atoms with Crippen LogP contribution in [0.25, 0.3) is 0 Å². The summed E-state index contributed by atoms with van der Waals surface area (Å²) in [4.78, 5) is 0. The van der Waals surface area contributed by atoms with Crippen LogP contribution in [0, 0.1) is 0 Å². The second kappa shape index (κ2) is 17.1. The molecule has 0 aromatic heterocycles. The van der Waals surface area contributed by atoms with E-state index < -0.39 is 15.4 Å². The van der Waals surface area contributed by atoms with Gasteiger partial charge in [-0.05, 0) is 107 Å². The first-order valence-electron chi connectivity index (χ1n) is 12.1. The molecule has 0 atom stereocenters. The van der Waals surface area contributed by atoms with Crippen LogP contribution in [0.15, 0.2) is 58.2 Å². The molecule has 0 amide bonds. The molecule has 0 aliphatic rings. The van der Waals surface area contributed by atoms with Crippen molar-refractivity contribution in [3.8, 4) is 0 Å². The number of hydrogen-bond acceptors (Lipinski definition) is 3. The van der Waals surface area contributed by atoms with Gasteiger partial charge in [0.05, 0.1) is 11.9 Å². The van der Waals surface area contributed by atoms with Crippen molar-refractivity contribution in [2.45, 2.75) is 112 Å². The minimum atomic E-state index is -3.43. The van der Waals surface area contributed by atoms with Crippen LogP contribution in [-0.4, -0.2) is 20.3 Å². The van der Waals surface area contributed by atoms with Gasteiger partial charge in [0.25, 0.3) is 10.1 Å². The highest BCUT2D eigenvalue weighted by molar-refractivity contribution is 7.87. The van der Waals surface area contributed by atoms with E-state index >= 15 is 0 Å². The average molecular weight is 465 g/mol. The second-order valence-corrected chi connectivity index (χ2v) is 11.6. The summed E-state index contributed by atoms with van der Waals surface area (Å²) in [6, 6.07) is 0. The predicted octanol–water partition coefficient (Wildman–Crippen LogP) is 8.61. The number of hydrogen-bond donors (Lipinski definition) is 0. The monoisotopic (exact) mass is 464 g/mol. The summed E-state index contributed by atoms with van der Waals surface area (Å²) < 4.78 is 28.3. The molecule has 0 N–H and O–H groups in total. The minimum absolute atomic E-state index is 0.128. The predicted molar refractivity (Wildman–Crippen MR) is 141 cm³/mol. The zero-order valence-corrected chi connectivity index (χ0v) is 22.8. The summed E-state index contributed by atoms with van der Waals surface area (Å²) in [5, 5.41) is -0.502. The summed E-state index contributed by atoms with van der Waals surface area (Å²) in [5.41, 5.74) is 6.94. The van der Waals surface area contributed by atoms with Crippen LogP contribution in [0.2, 0.25) is 0 Å². The first-order chi connectivity index (χ1) is 14.9. The molecule has 0 radical (unpaired) electrons. The Labute approximate surface area is 199 Å². The van der Waals surface area contributed by atoms with Crippen LogP contribution in [0.4, 0.5) is 0 Å². The lowest BCUT2D eigenvalue weighted by Gasteiger charge is -2.06. The molecule has 3 nitrogen and oxygen atoms in total. The van der Waals surface area contributed by atoms with Gasteiger partial charge in [-0.1, -0.05) is 58.2 Å². The zero-order valence-electron chi connectivity index (χ0n) is 22.0. The molecule has 0 fully saturated rings. The maximum absolute atomic E-state index is 11.6. The van der Waals surface area contributed by atoms with Crippen molar-refractivity contribution in [2.75, 3.05) is 6.61 Å². The highest BCUT2D eigenvalue weighted by atomic mass is 32.2. The molecule has 0 unspecified atom stereocenters.